The van der Waals surface area contributed by atoms with Gasteiger partial charge in [-0.25, -0.2) is 8.42 Å². The van der Waals surface area contributed by atoms with Crippen LogP contribution in [0.1, 0.15) is 0 Å². The molecule has 1 aromatic carbocycles. The number of anilines is 1. The normalized spacial score (nSPS) is 11.2. The summed E-state index contributed by atoms with van der Waals surface area (Å²) in [6.07, 6.45) is 1.13. The van der Waals surface area contributed by atoms with Crippen molar-refractivity contribution in [3.05, 3.63) is 24.3 Å². The van der Waals surface area contributed by atoms with Crippen LogP contribution in [-0.4, -0.2) is 40.3 Å². The van der Waals surface area contributed by atoms with Gasteiger partial charge in [-0.15, -0.1) is 0 Å². The van der Waals surface area contributed by atoms with Gasteiger partial charge in [-0.2, -0.15) is 0 Å². The smallest absolute Gasteiger partial charge is 0.250 e. The van der Waals surface area contributed by atoms with Gasteiger partial charge in [0.25, 0.3) is 0 Å². The van der Waals surface area contributed by atoms with Crippen molar-refractivity contribution in [3.63, 3.8) is 0 Å². The maximum absolute atomic E-state index is 11.4. The number of benzene rings is 1. The minimum atomic E-state index is -3.22. The summed E-state index contributed by atoms with van der Waals surface area (Å²) >= 11 is 0. The molecular weight excluding hydrogens is 256 g/mol. The van der Waals surface area contributed by atoms with Gasteiger partial charge in [0.15, 0.2) is 9.84 Å². The Balaban J connectivity index is 2.56. The molecule has 3 N–H and O–H groups in total. The lowest BCUT2D eigenvalue weighted by atomic mass is 10.3. The van der Waals surface area contributed by atoms with E-state index in [-0.39, 0.29) is 17.4 Å². The van der Waals surface area contributed by atoms with E-state index in [1.54, 1.807) is 0 Å². The quantitative estimate of drug-likeness (QED) is 0.710. The Morgan fingerprint density at radius 3 is 2.44 bits per heavy atom. The largest absolute Gasteiger partial charge is 0.370 e. The Bertz CT molecular complexity index is 496. The first-order valence-electron chi connectivity index (χ1n) is 5.31. The van der Waals surface area contributed by atoms with E-state index < -0.39 is 9.84 Å². The van der Waals surface area contributed by atoms with Gasteiger partial charge in [0, 0.05) is 18.5 Å². The fraction of sp³-hybridized carbons (Fsp3) is 0.364. The summed E-state index contributed by atoms with van der Waals surface area (Å²) in [5, 5.41) is 2.58. The predicted molar refractivity (Wildman–Crippen MR) is 68.1 cm³/mol. The average Bonchev–Trinajstić information content (AvgIpc) is 2.29. The van der Waals surface area contributed by atoms with E-state index in [9.17, 15) is 13.2 Å². The molecule has 0 spiro atoms. The molecule has 0 bridgehead atoms. The van der Waals surface area contributed by atoms with E-state index in [0.29, 0.717) is 18.8 Å². The van der Waals surface area contributed by atoms with Crippen LogP contribution in [-0.2, 0) is 19.4 Å². The molecule has 18 heavy (non-hydrogen) atoms. The van der Waals surface area contributed by atoms with Crippen LogP contribution in [0.3, 0.4) is 0 Å². The van der Waals surface area contributed by atoms with Crippen LogP contribution in [0, 0.1) is 0 Å². The first-order chi connectivity index (χ1) is 8.43. The van der Waals surface area contributed by atoms with Crippen LogP contribution >= 0.6 is 0 Å². The number of hydrogen-bond donors (Lipinski definition) is 2. The van der Waals surface area contributed by atoms with E-state index >= 15 is 0 Å². The number of hydrogen-bond acceptors (Lipinski definition) is 5. The topological polar surface area (TPSA) is 98.5 Å². The van der Waals surface area contributed by atoms with Gasteiger partial charge < -0.3 is 15.8 Å². The molecule has 0 aliphatic carbocycles. The average molecular weight is 272 g/mol. The predicted octanol–water partition coefficient (Wildman–Crippen LogP) is 0.00390. The van der Waals surface area contributed by atoms with E-state index in [1.165, 1.54) is 24.3 Å². The number of rotatable bonds is 6. The number of nitrogens with one attached hydrogen (secondary N) is 1. The summed E-state index contributed by atoms with van der Waals surface area (Å²) in [7, 11) is -3.22. The van der Waals surface area contributed by atoms with Crippen LogP contribution < -0.4 is 11.1 Å². The molecule has 0 aliphatic heterocycles. The minimum Gasteiger partial charge on any atom is -0.370 e. The molecule has 0 aromatic heterocycles. The molecule has 0 heterocycles. The summed E-state index contributed by atoms with van der Waals surface area (Å²) in [5.74, 6) is -0.310. The number of sulfone groups is 1. The van der Waals surface area contributed by atoms with Crippen molar-refractivity contribution >= 4 is 21.4 Å². The van der Waals surface area contributed by atoms with Gasteiger partial charge in [0.1, 0.15) is 6.61 Å². The Hall–Kier alpha value is -1.44. The number of amides is 1. The zero-order chi connectivity index (χ0) is 13.6. The van der Waals surface area contributed by atoms with E-state index in [0.717, 1.165) is 6.26 Å². The van der Waals surface area contributed by atoms with Gasteiger partial charge >= 0.3 is 0 Å². The highest BCUT2D eigenvalue weighted by molar-refractivity contribution is 7.90. The summed E-state index contributed by atoms with van der Waals surface area (Å²) in [4.78, 5) is 11.6. The second kappa shape index (κ2) is 6.48. The number of nitrogens with two attached hydrogens (primary N) is 1. The van der Waals surface area contributed by atoms with Crippen LogP contribution in [0.5, 0.6) is 0 Å². The molecule has 1 amide bonds. The van der Waals surface area contributed by atoms with Gasteiger partial charge in [0.05, 0.1) is 11.5 Å². The number of carbonyl (C=O) groups excluding carboxylic acids is 1. The lowest BCUT2D eigenvalue weighted by Crippen LogP contribution is -2.20. The number of ether oxygens (including phenoxy) is 1. The third-order valence-corrected chi connectivity index (χ3v) is 3.19. The van der Waals surface area contributed by atoms with Crippen LogP contribution in [0.25, 0.3) is 0 Å². The minimum absolute atomic E-state index is 0.0783. The molecule has 0 radical (unpaired) electrons. The molecule has 1 rings (SSSR count). The lowest BCUT2D eigenvalue weighted by Gasteiger charge is -2.06. The van der Waals surface area contributed by atoms with Gasteiger partial charge in [-0.05, 0) is 24.3 Å². The first-order valence-corrected chi connectivity index (χ1v) is 7.20. The van der Waals surface area contributed by atoms with Crippen molar-refractivity contribution in [1.29, 1.82) is 0 Å². The van der Waals surface area contributed by atoms with E-state index in [1.807, 2.05) is 0 Å². The van der Waals surface area contributed by atoms with Gasteiger partial charge in [-0.1, -0.05) is 0 Å². The van der Waals surface area contributed by atoms with Crippen LogP contribution in [0.2, 0.25) is 0 Å². The molecular formula is C11H16N2O4S. The van der Waals surface area contributed by atoms with Crippen LogP contribution in [0.4, 0.5) is 5.69 Å². The van der Waals surface area contributed by atoms with E-state index in [2.05, 4.69) is 5.32 Å². The van der Waals surface area contributed by atoms with Crippen molar-refractivity contribution in [3.8, 4) is 0 Å². The Morgan fingerprint density at radius 1 is 1.33 bits per heavy atom. The van der Waals surface area contributed by atoms with Crippen molar-refractivity contribution in [2.24, 2.45) is 5.73 Å². The molecule has 0 unspecified atom stereocenters. The maximum atomic E-state index is 11.4. The highest BCUT2D eigenvalue weighted by Gasteiger charge is 2.07. The monoisotopic (exact) mass is 272 g/mol. The SMILES string of the molecule is CS(=O)(=O)c1ccc(NC(=O)COCCN)cc1. The Morgan fingerprint density at radius 2 is 1.94 bits per heavy atom. The van der Waals surface area contributed by atoms with Gasteiger partial charge in [-0.3, -0.25) is 4.79 Å². The molecule has 6 nitrogen and oxygen atoms in total. The lowest BCUT2D eigenvalue weighted by molar-refractivity contribution is -0.120. The molecule has 0 fully saturated rings. The summed E-state index contributed by atoms with van der Waals surface area (Å²) in [5.41, 5.74) is 5.73. The molecule has 0 aliphatic rings. The summed E-state index contributed by atoms with van der Waals surface area (Å²) < 4.78 is 27.4. The van der Waals surface area contributed by atoms with Crippen molar-refractivity contribution in [2.75, 3.05) is 31.3 Å². The second-order valence-corrected chi connectivity index (χ2v) is 5.70. The molecule has 0 saturated carbocycles. The van der Waals surface area contributed by atoms with Crippen molar-refractivity contribution < 1.29 is 17.9 Å². The molecule has 1 aromatic rings. The maximum Gasteiger partial charge on any atom is 0.250 e. The fourth-order valence-electron chi connectivity index (χ4n) is 1.23. The van der Waals surface area contributed by atoms with Crippen molar-refractivity contribution in [2.45, 2.75) is 4.90 Å². The molecule has 100 valence electrons. The summed E-state index contributed by atoms with van der Waals surface area (Å²) in [6.45, 7) is 0.599. The summed E-state index contributed by atoms with van der Waals surface area (Å²) in [6, 6.07) is 5.92. The fourth-order valence-corrected chi connectivity index (χ4v) is 1.86. The standard InChI is InChI=1S/C11H16N2O4S/c1-18(15,16)10-4-2-9(3-5-10)13-11(14)8-17-7-6-12/h2-5H,6-8,12H2,1H3,(H,13,14). The third-order valence-electron chi connectivity index (χ3n) is 2.06. The Labute approximate surface area is 106 Å². The van der Waals surface area contributed by atoms with Crippen LogP contribution in [0.15, 0.2) is 29.2 Å². The zero-order valence-corrected chi connectivity index (χ0v) is 10.9. The molecule has 0 atom stereocenters. The van der Waals surface area contributed by atoms with Crippen molar-refractivity contribution in [1.82, 2.24) is 0 Å². The first kappa shape index (κ1) is 14.6. The van der Waals surface area contributed by atoms with Gasteiger partial charge in [0.2, 0.25) is 5.91 Å². The molecule has 7 heteroatoms. The third kappa shape index (κ3) is 4.82. The highest BCUT2D eigenvalue weighted by Crippen LogP contribution is 2.13. The zero-order valence-electron chi connectivity index (χ0n) is 10.0. The number of carbonyl (C=O) groups is 1. The van der Waals surface area contributed by atoms with E-state index in [4.69, 9.17) is 10.5 Å². The Kier molecular flexibility index (Phi) is 5.26. The second-order valence-electron chi connectivity index (χ2n) is 3.69. The molecule has 0 saturated heterocycles. The highest BCUT2D eigenvalue weighted by atomic mass is 32.2.